The molecule has 1 rings (SSSR count). The van der Waals surface area contributed by atoms with Crippen molar-refractivity contribution in [2.75, 3.05) is 5.32 Å². The van der Waals surface area contributed by atoms with Crippen molar-refractivity contribution in [2.24, 2.45) is 10.7 Å². The number of rotatable bonds is 2. The van der Waals surface area contributed by atoms with Gasteiger partial charge in [-0.1, -0.05) is 11.6 Å². The van der Waals surface area contributed by atoms with Crippen LogP contribution in [0.4, 0.5) is 10.1 Å². The van der Waals surface area contributed by atoms with Crippen molar-refractivity contribution in [3.63, 3.8) is 0 Å². The molecule has 15 heavy (non-hydrogen) atoms. The maximum absolute atomic E-state index is 12.7. The van der Waals surface area contributed by atoms with Crippen LogP contribution in [0.1, 0.15) is 13.8 Å². The zero-order chi connectivity index (χ0) is 11.4. The number of halogens is 2. The van der Waals surface area contributed by atoms with E-state index in [2.05, 4.69) is 10.3 Å². The van der Waals surface area contributed by atoms with Gasteiger partial charge in [0, 0.05) is 6.04 Å². The van der Waals surface area contributed by atoms with Gasteiger partial charge in [-0.05, 0) is 32.0 Å². The molecule has 0 spiro atoms. The summed E-state index contributed by atoms with van der Waals surface area (Å²) >= 11 is 5.80. The summed E-state index contributed by atoms with van der Waals surface area (Å²) in [5, 5.41) is 3.07. The number of nitrogens with one attached hydrogen (secondary N) is 1. The summed E-state index contributed by atoms with van der Waals surface area (Å²) in [6, 6.07) is 4.13. The number of aliphatic imine (C=N–C) groups is 1. The highest BCUT2D eigenvalue weighted by Gasteiger charge is 2.02. The number of nitrogens with zero attached hydrogens (tertiary/aromatic N) is 1. The second-order valence-electron chi connectivity index (χ2n) is 3.36. The molecule has 0 heterocycles. The lowest BCUT2D eigenvalue weighted by atomic mass is 10.3. The first-order valence-electron chi connectivity index (χ1n) is 4.54. The van der Waals surface area contributed by atoms with Crippen LogP contribution in [0.5, 0.6) is 0 Å². The van der Waals surface area contributed by atoms with Crippen molar-refractivity contribution in [1.82, 2.24) is 0 Å². The Morgan fingerprint density at radius 1 is 1.53 bits per heavy atom. The van der Waals surface area contributed by atoms with Gasteiger partial charge in [0.25, 0.3) is 0 Å². The van der Waals surface area contributed by atoms with Crippen LogP contribution >= 0.6 is 11.6 Å². The van der Waals surface area contributed by atoms with Crippen molar-refractivity contribution in [3.8, 4) is 0 Å². The van der Waals surface area contributed by atoms with Crippen LogP contribution in [-0.4, -0.2) is 12.0 Å². The summed E-state index contributed by atoms with van der Waals surface area (Å²) in [4.78, 5) is 4.07. The second-order valence-corrected chi connectivity index (χ2v) is 3.76. The van der Waals surface area contributed by atoms with Crippen LogP contribution in [0.3, 0.4) is 0 Å². The summed E-state index contributed by atoms with van der Waals surface area (Å²) in [6.45, 7) is 3.81. The maximum Gasteiger partial charge on any atom is 0.193 e. The summed E-state index contributed by atoms with van der Waals surface area (Å²) < 4.78 is 12.7. The Kier molecular flexibility index (Phi) is 3.91. The first kappa shape index (κ1) is 11.8. The minimum atomic E-state index is -0.384. The van der Waals surface area contributed by atoms with Crippen molar-refractivity contribution in [1.29, 1.82) is 0 Å². The van der Waals surface area contributed by atoms with E-state index in [0.717, 1.165) is 0 Å². The second kappa shape index (κ2) is 4.98. The molecule has 0 aliphatic heterocycles. The van der Waals surface area contributed by atoms with Crippen molar-refractivity contribution in [2.45, 2.75) is 19.9 Å². The minimum absolute atomic E-state index is 0.0942. The maximum atomic E-state index is 12.7. The number of hydrogen-bond acceptors (Lipinski definition) is 1. The standard InChI is InChI=1S/C10H13ClFN3/c1-6(2)14-10(13)15-9-4-3-7(12)5-8(9)11/h3-6H,1-2H3,(H3,13,14,15). The molecular weight excluding hydrogens is 217 g/mol. The van der Waals surface area contributed by atoms with E-state index >= 15 is 0 Å². The molecule has 0 saturated carbocycles. The van der Waals surface area contributed by atoms with E-state index in [0.29, 0.717) is 5.69 Å². The molecule has 0 aliphatic rings. The Balaban J connectivity index is 2.81. The molecule has 1 aromatic carbocycles. The fourth-order valence-corrected chi connectivity index (χ4v) is 1.25. The normalized spacial score (nSPS) is 11.9. The van der Waals surface area contributed by atoms with Gasteiger partial charge in [0.2, 0.25) is 0 Å². The van der Waals surface area contributed by atoms with Crippen LogP contribution in [0.15, 0.2) is 23.2 Å². The van der Waals surface area contributed by atoms with Crippen LogP contribution in [0.2, 0.25) is 5.02 Å². The number of anilines is 1. The van der Waals surface area contributed by atoms with Gasteiger partial charge < -0.3 is 11.1 Å². The fourth-order valence-electron chi connectivity index (χ4n) is 1.04. The Hall–Kier alpha value is -1.29. The number of guanidine groups is 1. The monoisotopic (exact) mass is 229 g/mol. The molecule has 5 heteroatoms. The van der Waals surface area contributed by atoms with Crippen molar-refractivity contribution < 1.29 is 4.39 Å². The smallest absolute Gasteiger partial charge is 0.193 e. The van der Waals surface area contributed by atoms with E-state index in [4.69, 9.17) is 17.3 Å². The van der Waals surface area contributed by atoms with Crippen LogP contribution in [-0.2, 0) is 0 Å². The average molecular weight is 230 g/mol. The van der Waals surface area contributed by atoms with Crippen LogP contribution in [0.25, 0.3) is 0 Å². The summed E-state index contributed by atoms with van der Waals surface area (Å²) in [5.41, 5.74) is 6.14. The zero-order valence-corrected chi connectivity index (χ0v) is 9.35. The quantitative estimate of drug-likeness (QED) is 0.605. The van der Waals surface area contributed by atoms with Gasteiger partial charge in [0.15, 0.2) is 5.96 Å². The molecule has 0 saturated heterocycles. The lowest BCUT2D eigenvalue weighted by molar-refractivity contribution is 0.628. The third-order valence-corrected chi connectivity index (χ3v) is 1.90. The SMILES string of the molecule is CC(C)N=C(N)Nc1ccc(F)cc1Cl. The van der Waals surface area contributed by atoms with E-state index in [1.54, 1.807) is 0 Å². The molecule has 1 aromatic rings. The molecule has 0 bridgehead atoms. The van der Waals surface area contributed by atoms with Crippen molar-refractivity contribution >= 4 is 23.2 Å². The van der Waals surface area contributed by atoms with Gasteiger partial charge in [-0.25, -0.2) is 4.39 Å². The predicted octanol–water partition coefficient (Wildman–Crippen LogP) is 2.61. The average Bonchev–Trinajstić information content (AvgIpc) is 2.08. The molecule has 3 nitrogen and oxygen atoms in total. The third kappa shape index (κ3) is 3.75. The number of benzene rings is 1. The minimum Gasteiger partial charge on any atom is -0.370 e. The molecule has 0 unspecified atom stereocenters. The van der Waals surface area contributed by atoms with Gasteiger partial charge in [-0.3, -0.25) is 4.99 Å². The van der Waals surface area contributed by atoms with E-state index in [-0.39, 0.29) is 22.8 Å². The first-order valence-corrected chi connectivity index (χ1v) is 4.92. The van der Waals surface area contributed by atoms with Crippen LogP contribution in [0, 0.1) is 5.82 Å². The Morgan fingerprint density at radius 3 is 2.73 bits per heavy atom. The number of hydrogen-bond donors (Lipinski definition) is 2. The topological polar surface area (TPSA) is 50.4 Å². The van der Waals surface area contributed by atoms with Gasteiger partial charge in [0.05, 0.1) is 10.7 Å². The predicted molar refractivity (Wildman–Crippen MR) is 61.8 cm³/mol. The molecule has 0 amide bonds. The van der Waals surface area contributed by atoms with E-state index in [9.17, 15) is 4.39 Å². The van der Waals surface area contributed by atoms with E-state index in [1.807, 2.05) is 13.8 Å². The van der Waals surface area contributed by atoms with Gasteiger partial charge in [0.1, 0.15) is 5.82 Å². The summed E-state index contributed by atoms with van der Waals surface area (Å²) in [7, 11) is 0. The molecule has 0 aliphatic carbocycles. The summed E-state index contributed by atoms with van der Waals surface area (Å²) in [5.74, 6) is -0.122. The Morgan fingerprint density at radius 2 is 2.20 bits per heavy atom. The fraction of sp³-hybridized carbons (Fsp3) is 0.300. The highest BCUT2D eigenvalue weighted by molar-refractivity contribution is 6.33. The molecule has 0 atom stereocenters. The Bertz CT molecular complexity index is 377. The first-order chi connectivity index (χ1) is 6.99. The van der Waals surface area contributed by atoms with Gasteiger partial charge >= 0.3 is 0 Å². The highest BCUT2D eigenvalue weighted by atomic mass is 35.5. The summed E-state index contributed by atoms with van der Waals surface area (Å²) in [6.07, 6.45) is 0. The molecule has 82 valence electrons. The van der Waals surface area contributed by atoms with Crippen LogP contribution < -0.4 is 11.1 Å². The highest BCUT2D eigenvalue weighted by Crippen LogP contribution is 2.21. The number of nitrogens with two attached hydrogens (primary N) is 1. The molecule has 3 N–H and O–H groups in total. The van der Waals surface area contributed by atoms with Crippen molar-refractivity contribution in [3.05, 3.63) is 29.0 Å². The molecular formula is C10H13ClFN3. The van der Waals surface area contributed by atoms with E-state index in [1.165, 1.54) is 18.2 Å². The van der Waals surface area contributed by atoms with Gasteiger partial charge in [-0.2, -0.15) is 0 Å². The lowest BCUT2D eigenvalue weighted by Gasteiger charge is -2.08. The zero-order valence-electron chi connectivity index (χ0n) is 8.59. The molecule has 0 aromatic heterocycles. The lowest BCUT2D eigenvalue weighted by Crippen LogP contribution is -2.24. The third-order valence-electron chi connectivity index (χ3n) is 1.59. The molecule has 0 fully saturated rings. The van der Waals surface area contributed by atoms with Gasteiger partial charge in [-0.15, -0.1) is 0 Å². The molecule has 0 radical (unpaired) electrons. The Labute approximate surface area is 93.1 Å². The largest absolute Gasteiger partial charge is 0.370 e. The van der Waals surface area contributed by atoms with E-state index < -0.39 is 0 Å².